The number of nitrogens with one attached hydrogen (secondary N) is 1. The zero-order valence-electron chi connectivity index (χ0n) is 17.7. The molecule has 10 heteroatoms. The number of carbonyl (C=O) groups excluding carboxylic acids is 1. The van der Waals surface area contributed by atoms with Gasteiger partial charge in [-0.1, -0.05) is 30.3 Å². The van der Waals surface area contributed by atoms with E-state index in [0.717, 1.165) is 49.0 Å². The van der Waals surface area contributed by atoms with Gasteiger partial charge >= 0.3 is 6.36 Å². The molecule has 1 fully saturated rings. The topological polar surface area (TPSA) is 57.7 Å². The minimum Gasteiger partial charge on any atom is -0.406 e. The summed E-state index contributed by atoms with van der Waals surface area (Å²) in [7, 11) is 0. The predicted molar refractivity (Wildman–Crippen MR) is 121 cm³/mol. The van der Waals surface area contributed by atoms with Gasteiger partial charge in [0.05, 0.1) is 18.8 Å². The van der Waals surface area contributed by atoms with Gasteiger partial charge in [0.15, 0.2) is 0 Å². The highest BCUT2D eigenvalue weighted by Gasteiger charge is 2.31. The normalized spacial score (nSPS) is 15.4. The maximum absolute atomic E-state index is 12.3. The molecule has 0 atom stereocenters. The van der Waals surface area contributed by atoms with E-state index in [-0.39, 0.29) is 18.2 Å². The first kappa shape index (κ1) is 23.2. The molecule has 0 bridgehead atoms. The Morgan fingerprint density at radius 2 is 1.67 bits per heavy atom. The van der Waals surface area contributed by atoms with E-state index in [1.165, 1.54) is 24.3 Å². The summed E-state index contributed by atoms with van der Waals surface area (Å²) < 4.78 is 40.5. The average molecular weight is 477 g/mol. The fourth-order valence-electron chi connectivity index (χ4n) is 3.57. The first-order valence-corrected chi connectivity index (χ1v) is 11.3. The van der Waals surface area contributed by atoms with E-state index in [9.17, 15) is 18.0 Å². The molecule has 2 heterocycles. The molecule has 1 aliphatic rings. The quantitative estimate of drug-likeness (QED) is 0.546. The first-order valence-electron chi connectivity index (χ1n) is 10.4. The van der Waals surface area contributed by atoms with Crippen LogP contribution in [0, 0.1) is 0 Å². The molecule has 6 nitrogen and oxygen atoms in total. The number of rotatable bonds is 7. The highest BCUT2D eigenvalue weighted by atomic mass is 32.1. The van der Waals surface area contributed by atoms with E-state index < -0.39 is 6.36 Å². The van der Waals surface area contributed by atoms with Crippen LogP contribution in [0.4, 0.5) is 18.9 Å². The van der Waals surface area contributed by atoms with Crippen LogP contribution in [0.2, 0.25) is 0 Å². The van der Waals surface area contributed by atoms with Crippen LogP contribution in [-0.2, 0) is 11.3 Å². The van der Waals surface area contributed by atoms with Crippen molar-refractivity contribution in [3.63, 3.8) is 0 Å². The van der Waals surface area contributed by atoms with Crippen molar-refractivity contribution in [2.24, 2.45) is 0 Å². The maximum Gasteiger partial charge on any atom is 0.573 e. The fraction of sp³-hybridized carbons (Fsp3) is 0.304. The van der Waals surface area contributed by atoms with Crippen molar-refractivity contribution >= 4 is 22.9 Å². The van der Waals surface area contributed by atoms with Gasteiger partial charge in [0.2, 0.25) is 5.91 Å². The zero-order valence-corrected chi connectivity index (χ0v) is 18.5. The van der Waals surface area contributed by atoms with Gasteiger partial charge in [-0.25, -0.2) is 4.98 Å². The number of aromatic nitrogens is 1. The van der Waals surface area contributed by atoms with Gasteiger partial charge in [-0.15, -0.1) is 24.5 Å². The number of carbonyl (C=O) groups is 1. The monoisotopic (exact) mass is 476 g/mol. The molecule has 0 unspecified atom stereocenters. The third kappa shape index (κ3) is 7.01. The summed E-state index contributed by atoms with van der Waals surface area (Å²) >= 11 is 1.65. The molecule has 1 aromatic heterocycles. The highest BCUT2D eigenvalue weighted by Crippen LogP contribution is 2.24. The number of halogens is 3. The second kappa shape index (κ2) is 10.3. The van der Waals surface area contributed by atoms with E-state index in [1.807, 2.05) is 30.3 Å². The van der Waals surface area contributed by atoms with Crippen molar-refractivity contribution in [1.82, 2.24) is 14.8 Å². The van der Waals surface area contributed by atoms with Crippen molar-refractivity contribution in [1.29, 1.82) is 0 Å². The number of hydrogen-bond acceptors (Lipinski definition) is 6. The minimum absolute atomic E-state index is 0.208. The number of ether oxygens (including phenoxy) is 1. The van der Waals surface area contributed by atoms with Crippen LogP contribution in [0.3, 0.4) is 0 Å². The van der Waals surface area contributed by atoms with Crippen LogP contribution in [0.15, 0.2) is 60.0 Å². The Kier molecular flexibility index (Phi) is 7.26. The van der Waals surface area contributed by atoms with Crippen LogP contribution in [0.1, 0.15) is 5.01 Å². The van der Waals surface area contributed by atoms with E-state index in [0.29, 0.717) is 5.69 Å². The van der Waals surface area contributed by atoms with Crippen molar-refractivity contribution in [3.05, 3.63) is 65.0 Å². The lowest BCUT2D eigenvalue weighted by Crippen LogP contribution is -2.48. The van der Waals surface area contributed by atoms with Crippen molar-refractivity contribution < 1.29 is 22.7 Å². The van der Waals surface area contributed by atoms with Gasteiger partial charge in [0.25, 0.3) is 0 Å². The van der Waals surface area contributed by atoms with Gasteiger partial charge in [-0.3, -0.25) is 14.6 Å². The smallest absolute Gasteiger partial charge is 0.406 e. The summed E-state index contributed by atoms with van der Waals surface area (Å²) in [6.45, 7) is 4.17. The molecule has 1 N–H and O–H groups in total. The Labute approximate surface area is 193 Å². The highest BCUT2D eigenvalue weighted by molar-refractivity contribution is 7.09. The molecule has 1 saturated heterocycles. The molecule has 174 valence electrons. The number of alkyl halides is 3. The Balaban J connectivity index is 1.20. The number of nitrogens with zero attached hydrogens (tertiary/aromatic N) is 3. The molecule has 0 radical (unpaired) electrons. The summed E-state index contributed by atoms with van der Waals surface area (Å²) in [5, 5.41) is 5.85. The first-order chi connectivity index (χ1) is 15.8. The van der Waals surface area contributed by atoms with E-state index in [2.05, 4.69) is 25.2 Å². The van der Waals surface area contributed by atoms with Crippen LogP contribution < -0.4 is 10.1 Å². The molecule has 4 rings (SSSR count). The Bertz CT molecular complexity index is 1050. The number of anilines is 1. The summed E-state index contributed by atoms with van der Waals surface area (Å²) in [6, 6.07) is 15.2. The van der Waals surface area contributed by atoms with Gasteiger partial charge in [0, 0.05) is 42.8 Å². The van der Waals surface area contributed by atoms with Gasteiger partial charge in [-0.05, 0) is 24.3 Å². The van der Waals surface area contributed by atoms with Crippen molar-refractivity contribution in [2.45, 2.75) is 12.9 Å². The minimum atomic E-state index is -4.74. The SMILES string of the molecule is O=C(CN1CCN(Cc2nc(-c3ccccc3)cs2)CC1)Nc1ccc(OC(F)(F)F)cc1. The third-order valence-corrected chi connectivity index (χ3v) is 6.02. The second-order valence-corrected chi connectivity index (χ2v) is 8.61. The van der Waals surface area contributed by atoms with Gasteiger partial charge < -0.3 is 10.1 Å². The van der Waals surface area contributed by atoms with E-state index in [1.54, 1.807) is 11.3 Å². The molecule has 3 aromatic rings. The summed E-state index contributed by atoms with van der Waals surface area (Å²) in [5.74, 6) is -0.534. The number of thiazole rings is 1. The zero-order chi connectivity index (χ0) is 23.3. The lowest BCUT2D eigenvalue weighted by atomic mass is 10.2. The summed E-state index contributed by atoms with van der Waals surface area (Å²) in [6.07, 6.45) is -4.74. The van der Waals surface area contributed by atoms with E-state index in [4.69, 9.17) is 4.98 Å². The van der Waals surface area contributed by atoms with Crippen LogP contribution in [-0.4, -0.2) is 59.8 Å². The molecule has 33 heavy (non-hydrogen) atoms. The fourth-order valence-corrected chi connectivity index (χ4v) is 4.41. The molecule has 1 aliphatic heterocycles. The Morgan fingerprint density at radius 1 is 1.00 bits per heavy atom. The molecular weight excluding hydrogens is 453 g/mol. The van der Waals surface area contributed by atoms with Crippen molar-refractivity contribution in [2.75, 3.05) is 38.0 Å². The van der Waals surface area contributed by atoms with Gasteiger partial charge in [0.1, 0.15) is 10.8 Å². The standard InChI is InChI=1S/C23H23F3N4O2S/c24-23(25,26)32-19-8-6-18(7-9-19)27-21(31)14-29-10-12-30(13-11-29)15-22-28-20(16-33-22)17-4-2-1-3-5-17/h1-9,16H,10-15H2,(H,27,31). The molecule has 2 aromatic carbocycles. The van der Waals surface area contributed by atoms with Crippen LogP contribution >= 0.6 is 11.3 Å². The molecule has 0 saturated carbocycles. The second-order valence-electron chi connectivity index (χ2n) is 7.67. The molecule has 0 spiro atoms. The number of piperazine rings is 1. The number of hydrogen-bond donors (Lipinski definition) is 1. The lowest BCUT2D eigenvalue weighted by Gasteiger charge is -2.33. The third-order valence-electron chi connectivity index (χ3n) is 5.18. The largest absolute Gasteiger partial charge is 0.573 e. The number of benzene rings is 2. The summed E-state index contributed by atoms with van der Waals surface area (Å²) in [4.78, 5) is 21.4. The van der Waals surface area contributed by atoms with Crippen molar-refractivity contribution in [3.8, 4) is 17.0 Å². The molecule has 1 amide bonds. The Hall–Kier alpha value is -2.95. The van der Waals surface area contributed by atoms with Gasteiger partial charge in [-0.2, -0.15) is 0 Å². The average Bonchev–Trinajstić information content (AvgIpc) is 3.25. The number of amides is 1. The Morgan fingerprint density at radius 3 is 2.33 bits per heavy atom. The molecule has 0 aliphatic carbocycles. The van der Waals surface area contributed by atoms with Crippen LogP contribution in [0.25, 0.3) is 11.3 Å². The summed E-state index contributed by atoms with van der Waals surface area (Å²) in [5.41, 5.74) is 2.52. The molecular formula is C23H23F3N4O2S. The van der Waals surface area contributed by atoms with E-state index >= 15 is 0 Å². The predicted octanol–water partition coefficient (Wildman–Crippen LogP) is 4.47. The maximum atomic E-state index is 12.3. The lowest BCUT2D eigenvalue weighted by molar-refractivity contribution is -0.274. The van der Waals surface area contributed by atoms with Crippen LogP contribution in [0.5, 0.6) is 5.75 Å².